The number of esters is 1. The van der Waals surface area contributed by atoms with E-state index < -0.39 is 46.8 Å². The van der Waals surface area contributed by atoms with Crippen molar-refractivity contribution >= 4 is 47.5 Å². The summed E-state index contributed by atoms with van der Waals surface area (Å²) < 4.78 is 56.6. The van der Waals surface area contributed by atoms with Crippen molar-refractivity contribution in [2.45, 2.75) is 50.4 Å². The first-order chi connectivity index (χ1) is 27.4. The lowest BCUT2D eigenvalue weighted by atomic mass is 9.93. The Labute approximate surface area is 342 Å². The van der Waals surface area contributed by atoms with E-state index in [0.29, 0.717) is 34.9 Å². The van der Waals surface area contributed by atoms with Crippen molar-refractivity contribution in [2.75, 3.05) is 12.4 Å². The van der Waals surface area contributed by atoms with Crippen LogP contribution in [0.15, 0.2) is 103 Å². The van der Waals surface area contributed by atoms with E-state index in [4.69, 9.17) is 31.1 Å². The van der Waals surface area contributed by atoms with Crippen LogP contribution in [0.4, 0.5) is 18.9 Å². The molecule has 3 N–H and O–H groups in total. The molecule has 2 amide bonds. The Balaban J connectivity index is 0.00000567. The lowest BCUT2D eigenvalue weighted by Crippen LogP contribution is -2.53. The van der Waals surface area contributed by atoms with Gasteiger partial charge in [0.25, 0.3) is 5.91 Å². The van der Waals surface area contributed by atoms with Crippen LogP contribution < -0.4 is 25.4 Å². The Morgan fingerprint density at radius 1 is 0.948 bits per heavy atom. The van der Waals surface area contributed by atoms with Crippen LogP contribution in [0.25, 0.3) is 11.1 Å². The Morgan fingerprint density at radius 3 is 2.28 bits per heavy atom. The Bertz CT molecular complexity index is 2370. The lowest BCUT2D eigenvalue weighted by molar-refractivity contribution is -0.145. The van der Waals surface area contributed by atoms with Gasteiger partial charge in [0, 0.05) is 18.5 Å². The summed E-state index contributed by atoms with van der Waals surface area (Å²) in [5.74, 6) is -0.545. The fourth-order valence-corrected chi connectivity index (χ4v) is 6.95. The van der Waals surface area contributed by atoms with Crippen molar-refractivity contribution in [2.24, 2.45) is 0 Å². The van der Waals surface area contributed by atoms with E-state index in [-0.39, 0.29) is 43.3 Å². The highest BCUT2D eigenvalue weighted by Crippen LogP contribution is 2.39. The van der Waals surface area contributed by atoms with E-state index in [9.17, 15) is 27.6 Å². The zero-order valence-electron chi connectivity index (χ0n) is 30.7. The second-order valence-electron chi connectivity index (χ2n) is 13.6. The third kappa shape index (κ3) is 9.37. The fraction of sp³-hybridized carbons (Fsp3) is 0.209. The molecule has 2 aliphatic heterocycles. The predicted molar refractivity (Wildman–Crippen MR) is 211 cm³/mol. The molecular formula is C43H35Cl2F3N4O6. The van der Waals surface area contributed by atoms with Crippen LogP contribution in [0.2, 0.25) is 5.02 Å². The molecule has 3 atom stereocenters. The number of rotatable bonds is 10. The van der Waals surface area contributed by atoms with Crippen molar-refractivity contribution in [3.63, 3.8) is 0 Å². The molecule has 0 fully saturated rings. The minimum Gasteiger partial charge on any atom is -0.489 e. The van der Waals surface area contributed by atoms with E-state index in [1.807, 2.05) is 42.5 Å². The summed E-state index contributed by atoms with van der Waals surface area (Å²) in [6.45, 7) is 0.199. The van der Waals surface area contributed by atoms with Crippen LogP contribution >= 0.6 is 24.0 Å². The number of hydrogen-bond donors (Lipinski definition) is 3. The molecule has 0 saturated carbocycles. The fourth-order valence-electron chi connectivity index (χ4n) is 6.72. The molecule has 0 saturated heterocycles. The van der Waals surface area contributed by atoms with Crippen LogP contribution in [0.3, 0.4) is 0 Å². The number of nitrogens with zero attached hydrogens (tertiary/aromatic N) is 1. The Hall–Kier alpha value is -6.07. The molecule has 0 radical (unpaired) electrons. The molecule has 10 nitrogen and oxygen atoms in total. The standard InChI is InChI=1S/C43H34ClF3N4O6.ClH/c1-55-42(54)37(17-24-2-7-27(8-3-24)28-9-4-25(21-48)5-10-28)51-40(52)36-19-30-18-35-38(20-31(30)22-49-36)57-39(41(53)50-35)29-11-13-32(14-12-29)56-23-26-6-15-34(44)33(16-26)43(45,46)47;/h2-16,18,20,36-37,39,49H,17,19,22-23H2,1H3,(H,50,53)(H,51,52);1H. The van der Waals surface area contributed by atoms with Crippen LogP contribution in [0.5, 0.6) is 11.5 Å². The van der Waals surface area contributed by atoms with Gasteiger partial charge in [0.2, 0.25) is 12.0 Å². The Morgan fingerprint density at radius 2 is 1.62 bits per heavy atom. The zero-order valence-corrected chi connectivity index (χ0v) is 32.3. The summed E-state index contributed by atoms with van der Waals surface area (Å²) in [5.41, 5.74) is 5.30. The van der Waals surface area contributed by atoms with Crippen molar-refractivity contribution in [1.29, 1.82) is 5.26 Å². The van der Waals surface area contributed by atoms with Crippen molar-refractivity contribution in [1.82, 2.24) is 10.6 Å². The van der Waals surface area contributed by atoms with Gasteiger partial charge >= 0.3 is 12.1 Å². The summed E-state index contributed by atoms with van der Waals surface area (Å²) in [6, 6.07) is 29.0. The molecule has 7 rings (SSSR count). The molecule has 15 heteroatoms. The molecule has 2 aliphatic rings. The summed E-state index contributed by atoms with van der Waals surface area (Å²) in [5, 5.41) is 17.6. The number of fused-ring (bicyclic) bond motifs is 2. The monoisotopic (exact) mass is 830 g/mol. The van der Waals surface area contributed by atoms with Gasteiger partial charge in [0.15, 0.2) is 0 Å². The second-order valence-corrected chi connectivity index (χ2v) is 14.0. The predicted octanol–water partition coefficient (Wildman–Crippen LogP) is 7.89. The number of amides is 2. The van der Waals surface area contributed by atoms with E-state index >= 15 is 0 Å². The third-order valence-corrected chi connectivity index (χ3v) is 10.1. The average Bonchev–Trinajstić information content (AvgIpc) is 3.21. The van der Waals surface area contributed by atoms with Crippen molar-refractivity contribution in [3.8, 4) is 28.7 Å². The number of methoxy groups -OCH3 is 1. The second kappa shape index (κ2) is 17.6. The average molecular weight is 832 g/mol. The number of carbonyl (C=O) groups is 3. The maximum absolute atomic E-state index is 13.5. The zero-order chi connectivity index (χ0) is 40.3. The topological polar surface area (TPSA) is 139 Å². The number of alkyl halides is 3. The van der Waals surface area contributed by atoms with Crippen LogP contribution in [-0.2, 0) is 51.3 Å². The van der Waals surface area contributed by atoms with Gasteiger partial charge in [-0.3, -0.25) is 9.59 Å². The molecule has 3 unspecified atom stereocenters. The summed E-state index contributed by atoms with van der Waals surface area (Å²) >= 11 is 5.71. The highest BCUT2D eigenvalue weighted by molar-refractivity contribution is 6.31. The minimum absolute atomic E-state index is 0. The molecule has 0 spiro atoms. The first kappa shape index (κ1) is 41.6. The molecule has 2 heterocycles. The van der Waals surface area contributed by atoms with Crippen molar-refractivity contribution in [3.05, 3.63) is 147 Å². The number of benzene rings is 5. The molecule has 58 heavy (non-hydrogen) atoms. The quantitative estimate of drug-likeness (QED) is 0.121. The first-order valence-corrected chi connectivity index (χ1v) is 18.2. The lowest BCUT2D eigenvalue weighted by Gasteiger charge is -2.31. The van der Waals surface area contributed by atoms with E-state index in [1.165, 1.54) is 19.2 Å². The van der Waals surface area contributed by atoms with E-state index in [0.717, 1.165) is 33.9 Å². The smallest absolute Gasteiger partial charge is 0.417 e. The van der Waals surface area contributed by atoms with Gasteiger partial charge in [-0.2, -0.15) is 18.4 Å². The van der Waals surface area contributed by atoms with Gasteiger partial charge in [-0.25, -0.2) is 4.79 Å². The Kier molecular flexibility index (Phi) is 12.6. The molecule has 5 aromatic rings. The largest absolute Gasteiger partial charge is 0.489 e. The molecule has 0 aliphatic carbocycles. The molecular weight excluding hydrogens is 796 g/mol. The molecule has 298 valence electrons. The van der Waals surface area contributed by atoms with Gasteiger partial charge in [-0.15, -0.1) is 12.4 Å². The molecule has 0 bridgehead atoms. The minimum atomic E-state index is -4.59. The molecule has 5 aromatic carbocycles. The maximum Gasteiger partial charge on any atom is 0.417 e. The van der Waals surface area contributed by atoms with Gasteiger partial charge in [-0.1, -0.05) is 66.2 Å². The van der Waals surface area contributed by atoms with Crippen LogP contribution in [0.1, 0.15) is 45.0 Å². The summed E-state index contributed by atoms with van der Waals surface area (Å²) in [7, 11) is 1.27. The number of anilines is 1. The van der Waals surface area contributed by atoms with Gasteiger partial charge in [-0.05, 0) is 88.3 Å². The summed E-state index contributed by atoms with van der Waals surface area (Å²) in [6.07, 6.45) is -5.08. The molecule has 0 aromatic heterocycles. The normalized spacial score (nSPS) is 16.2. The SMILES string of the molecule is COC(=O)C(Cc1ccc(-c2ccc(C#N)cc2)cc1)NC(=O)C1Cc2cc3c(cc2CN1)OC(c1ccc(OCc2ccc(Cl)c(C(F)(F)F)c2)cc1)C(=O)N3.Cl. The van der Waals surface area contributed by atoms with Crippen LogP contribution in [-0.4, -0.2) is 37.0 Å². The number of hydrogen-bond acceptors (Lipinski definition) is 8. The van der Waals surface area contributed by atoms with Gasteiger partial charge in [0.05, 0.1) is 41.1 Å². The van der Waals surface area contributed by atoms with Crippen molar-refractivity contribution < 1.29 is 41.8 Å². The highest BCUT2D eigenvalue weighted by Gasteiger charge is 2.35. The van der Waals surface area contributed by atoms with Gasteiger partial charge < -0.3 is 30.2 Å². The summed E-state index contributed by atoms with van der Waals surface area (Å²) in [4.78, 5) is 39.5. The van der Waals surface area contributed by atoms with Crippen LogP contribution in [0, 0.1) is 11.3 Å². The first-order valence-electron chi connectivity index (χ1n) is 17.8. The number of nitrogens with one attached hydrogen (secondary N) is 3. The highest BCUT2D eigenvalue weighted by atomic mass is 35.5. The number of halogens is 5. The van der Waals surface area contributed by atoms with E-state index in [1.54, 1.807) is 42.5 Å². The third-order valence-electron chi connectivity index (χ3n) is 9.79. The number of ether oxygens (including phenoxy) is 3. The maximum atomic E-state index is 13.5. The van der Waals surface area contributed by atoms with E-state index in [2.05, 4.69) is 22.0 Å². The number of nitriles is 1. The van der Waals surface area contributed by atoms with Gasteiger partial charge in [0.1, 0.15) is 24.1 Å². The number of carbonyl (C=O) groups excluding carboxylic acids is 3.